The van der Waals surface area contributed by atoms with E-state index in [0.29, 0.717) is 37.0 Å². The molecule has 192 valence electrons. The molecule has 37 heavy (non-hydrogen) atoms. The van der Waals surface area contributed by atoms with Crippen LogP contribution in [0.25, 0.3) is 17.4 Å². The number of aromatic nitrogens is 5. The third-order valence-corrected chi connectivity index (χ3v) is 6.15. The lowest BCUT2D eigenvalue weighted by molar-refractivity contribution is 0.0774. The Morgan fingerprint density at radius 2 is 1.95 bits per heavy atom. The van der Waals surface area contributed by atoms with E-state index in [4.69, 9.17) is 16.6 Å². The minimum absolute atomic E-state index is 0.0890. The van der Waals surface area contributed by atoms with E-state index in [9.17, 15) is 17.1 Å². The number of fused-ring (bicyclic) bond motifs is 1. The molecule has 0 spiro atoms. The number of nitrogens with one attached hydrogen (secondary N) is 1. The number of terminal acetylenes is 1. The molecule has 0 aliphatic rings. The standard InChI is InChI=1S/C23H23FN8O4S/c1-2-13-31(20(33)16-8-10-17(11-9-16)37(24,34)35)14-5-3-4-12-26-22-28-21(25)32-23(29-22)27-19(30-32)18-7-6-15-36-18/h1,6-11,15H,3-5,12-14H2,(H3,25,26,27,28,29,30). The molecule has 14 heteroatoms. The highest BCUT2D eigenvalue weighted by atomic mass is 32.3. The average Bonchev–Trinajstić information content (AvgIpc) is 3.55. The van der Waals surface area contributed by atoms with Gasteiger partial charge in [0.25, 0.3) is 11.7 Å². The van der Waals surface area contributed by atoms with Crippen molar-refractivity contribution in [2.75, 3.05) is 30.7 Å². The van der Waals surface area contributed by atoms with Crippen LogP contribution in [-0.2, 0) is 10.2 Å². The maximum atomic E-state index is 13.1. The van der Waals surface area contributed by atoms with Crippen LogP contribution >= 0.6 is 0 Å². The van der Waals surface area contributed by atoms with E-state index in [0.717, 1.165) is 25.0 Å². The first-order chi connectivity index (χ1) is 17.8. The molecule has 0 unspecified atom stereocenters. The average molecular weight is 527 g/mol. The molecule has 1 amide bonds. The van der Waals surface area contributed by atoms with Gasteiger partial charge in [-0.15, -0.1) is 15.4 Å². The predicted octanol–water partition coefficient (Wildman–Crippen LogP) is 2.38. The number of unbranched alkanes of at least 4 members (excludes halogenated alkanes) is 2. The summed E-state index contributed by atoms with van der Waals surface area (Å²) in [5, 5.41) is 7.35. The molecule has 3 heterocycles. The van der Waals surface area contributed by atoms with Crippen LogP contribution in [0.15, 0.2) is 52.0 Å². The Hall–Kier alpha value is -4.51. The third kappa shape index (κ3) is 6.19. The molecule has 0 fully saturated rings. The normalized spacial score (nSPS) is 11.4. The second-order valence-corrected chi connectivity index (χ2v) is 9.26. The van der Waals surface area contributed by atoms with Crippen molar-refractivity contribution in [1.82, 2.24) is 29.5 Å². The molecule has 3 aromatic heterocycles. The minimum atomic E-state index is -4.83. The number of rotatable bonds is 11. The van der Waals surface area contributed by atoms with E-state index < -0.39 is 15.1 Å². The lowest BCUT2D eigenvalue weighted by Crippen LogP contribution is -2.32. The summed E-state index contributed by atoms with van der Waals surface area (Å²) in [6.45, 7) is 1.04. The number of anilines is 2. The summed E-state index contributed by atoms with van der Waals surface area (Å²) in [6, 6.07) is 8.07. The molecule has 0 atom stereocenters. The van der Waals surface area contributed by atoms with E-state index in [1.807, 2.05) is 0 Å². The molecule has 0 aliphatic heterocycles. The highest BCUT2D eigenvalue weighted by Gasteiger charge is 2.17. The van der Waals surface area contributed by atoms with Crippen molar-refractivity contribution in [3.8, 4) is 23.9 Å². The van der Waals surface area contributed by atoms with Crippen LogP contribution in [0.2, 0.25) is 0 Å². The van der Waals surface area contributed by atoms with Crippen molar-refractivity contribution in [1.29, 1.82) is 0 Å². The van der Waals surface area contributed by atoms with Crippen LogP contribution in [0.5, 0.6) is 0 Å². The number of carbonyl (C=O) groups excluding carboxylic acids is 1. The lowest BCUT2D eigenvalue weighted by Gasteiger charge is -2.20. The first-order valence-corrected chi connectivity index (χ1v) is 12.6. The SMILES string of the molecule is C#CCN(CCCCCNc1nc(N)n2nc(-c3ccco3)nc2n1)C(=O)c1ccc(S(=O)(=O)F)cc1. The zero-order chi connectivity index (χ0) is 26.4. The Balaban J connectivity index is 1.27. The number of carbonyl (C=O) groups is 1. The number of amides is 1. The van der Waals surface area contributed by atoms with Crippen LogP contribution < -0.4 is 11.1 Å². The van der Waals surface area contributed by atoms with Crippen molar-refractivity contribution in [2.45, 2.75) is 24.2 Å². The van der Waals surface area contributed by atoms with Crippen LogP contribution in [0.4, 0.5) is 15.8 Å². The molecule has 12 nitrogen and oxygen atoms in total. The molecule has 4 aromatic rings. The van der Waals surface area contributed by atoms with Gasteiger partial charge in [0.1, 0.15) is 0 Å². The van der Waals surface area contributed by atoms with Crippen LogP contribution in [-0.4, -0.2) is 63.4 Å². The van der Waals surface area contributed by atoms with Crippen molar-refractivity contribution in [3.05, 3.63) is 48.2 Å². The largest absolute Gasteiger partial charge is 0.461 e. The molecule has 0 radical (unpaired) electrons. The second kappa shape index (κ2) is 11.0. The summed E-state index contributed by atoms with van der Waals surface area (Å²) >= 11 is 0. The fourth-order valence-electron chi connectivity index (χ4n) is 3.50. The summed E-state index contributed by atoms with van der Waals surface area (Å²) in [7, 11) is -4.83. The summed E-state index contributed by atoms with van der Waals surface area (Å²) in [5.74, 6) is 3.63. The third-order valence-electron chi connectivity index (χ3n) is 5.32. The zero-order valence-corrected chi connectivity index (χ0v) is 20.4. The number of nitrogens with two attached hydrogens (primary N) is 1. The quantitative estimate of drug-likeness (QED) is 0.169. The Labute approximate surface area is 211 Å². The highest BCUT2D eigenvalue weighted by molar-refractivity contribution is 7.86. The maximum Gasteiger partial charge on any atom is 0.332 e. The van der Waals surface area contributed by atoms with Crippen LogP contribution in [0, 0.1) is 12.3 Å². The van der Waals surface area contributed by atoms with Crippen molar-refractivity contribution in [3.63, 3.8) is 0 Å². The van der Waals surface area contributed by atoms with Gasteiger partial charge in [-0.1, -0.05) is 5.92 Å². The van der Waals surface area contributed by atoms with Gasteiger partial charge in [-0.3, -0.25) is 4.79 Å². The number of hydrogen-bond donors (Lipinski definition) is 2. The first kappa shape index (κ1) is 25.6. The van der Waals surface area contributed by atoms with Gasteiger partial charge in [-0.25, -0.2) is 0 Å². The Morgan fingerprint density at radius 1 is 1.16 bits per heavy atom. The number of nitrogens with zero attached hydrogens (tertiary/aromatic N) is 6. The monoisotopic (exact) mass is 526 g/mol. The summed E-state index contributed by atoms with van der Waals surface area (Å²) in [6.07, 6.45) is 9.11. The summed E-state index contributed by atoms with van der Waals surface area (Å²) < 4.78 is 41.6. The lowest BCUT2D eigenvalue weighted by atomic mass is 10.1. The van der Waals surface area contributed by atoms with E-state index in [2.05, 4.69) is 31.3 Å². The number of halogens is 1. The summed E-state index contributed by atoms with van der Waals surface area (Å²) in [5.41, 5.74) is 6.20. The fourth-order valence-corrected chi connectivity index (χ4v) is 3.97. The molecule has 0 saturated heterocycles. The molecule has 0 bridgehead atoms. The summed E-state index contributed by atoms with van der Waals surface area (Å²) in [4.78, 5) is 26.5. The molecular weight excluding hydrogens is 503 g/mol. The van der Waals surface area contributed by atoms with Gasteiger partial charge in [0, 0.05) is 18.7 Å². The number of benzene rings is 1. The van der Waals surface area contributed by atoms with Gasteiger partial charge in [0.05, 0.1) is 17.7 Å². The zero-order valence-electron chi connectivity index (χ0n) is 19.5. The van der Waals surface area contributed by atoms with Gasteiger partial charge in [0.15, 0.2) is 5.76 Å². The second-order valence-electron chi connectivity index (χ2n) is 7.91. The van der Waals surface area contributed by atoms with Crippen molar-refractivity contribution < 1.29 is 21.5 Å². The van der Waals surface area contributed by atoms with Crippen LogP contribution in [0.1, 0.15) is 29.6 Å². The van der Waals surface area contributed by atoms with Crippen LogP contribution in [0.3, 0.4) is 0 Å². The molecule has 4 rings (SSSR count). The minimum Gasteiger partial charge on any atom is -0.461 e. The van der Waals surface area contributed by atoms with Gasteiger partial charge in [-0.2, -0.15) is 27.9 Å². The fraction of sp³-hybridized carbons (Fsp3) is 0.261. The molecular formula is C23H23FN8O4S. The molecule has 0 saturated carbocycles. The smallest absolute Gasteiger partial charge is 0.332 e. The van der Waals surface area contributed by atoms with Gasteiger partial charge in [-0.05, 0) is 55.7 Å². The molecule has 0 aliphatic carbocycles. The highest BCUT2D eigenvalue weighted by Crippen LogP contribution is 2.18. The maximum absolute atomic E-state index is 13.1. The molecule has 3 N–H and O–H groups in total. The van der Waals surface area contributed by atoms with Crippen molar-refractivity contribution >= 4 is 33.8 Å². The predicted molar refractivity (Wildman–Crippen MR) is 133 cm³/mol. The topological polar surface area (TPSA) is 162 Å². The van der Waals surface area contributed by atoms with E-state index >= 15 is 0 Å². The van der Waals surface area contributed by atoms with Gasteiger partial charge in [0.2, 0.25) is 17.7 Å². The number of furan rings is 1. The Kier molecular flexibility index (Phi) is 7.63. The van der Waals surface area contributed by atoms with Gasteiger partial charge >= 0.3 is 10.2 Å². The Bertz CT molecular complexity index is 1530. The number of hydrogen-bond acceptors (Lipinski definition) is 10. The molecule has 1 aromatic carbocycles. The van der Waals surface area contributed by atoms with Gasteiger partial charge < -0.3 is 20.4 Å². The van der Waals surface area contributed by atoms with E-state index in [-0.39, 0.29) is 29.7 Å². The van der Waals surface area contributed by atoms with E-state index in [1.165, 1.54) is 27.8 Å². The Morgan fingerprint density at radius 3 is 2.62 bits per heavy atom. The number of nitrogen functional groups attached to an aromatic ring is 1. The van der Waals surface area contributed by atoms with Crippen molar-refractivity contribution in [2.24, 2.45) is 0 Å². The first-order valence-electron chi connectivity index (χ1n) is 11.2. The van der Waals surface area contributed by atoms with E-state index in [1.54, 1.807) is 12.1 Å².